The van der Waals surface area contributed by atoms with Gasteiger partial charge in [-0.2, -0.15) is 0 Å². The molecule has 0 aromatic heterocycles. The SMILES string of the molecule is COCCCN(C)S(=O)(=O)c1ccc(C#CCN)c(C)c1. The average Bonchev–Trinajstić information content (AvgIpc) is 2.46. The molecular weight excluding hydrogens is 288 g/mol. The molecule has 116 valence electrons. The van der Waals surface area contributed by atoms with Crippen molar-refractivity contribution in [1.29, 1.82) is 0 Å². The molecule has 0 unspecified atom stereocenters. The molecule has 0 radical (unpaired) electrons. The third kappa shape index (κ3) is 4.83. The number of nitrogens with zero attached hydrogens (tertiary/aromatic N) is 1. The molecule has 0 amide bonds. The number of hydrogen-bond donors (Lipinski definition) is 1. The fourth-order valence-electron chi connectivity index (χ4n) is 1.81. The number of sulfonamides is 1. The molecule has 0 aliphatic rings. The minimum Gasteiger partial charge on any atom is -0.385 e. The maximum atomic E-state index is 12.4. The average molecular weight is 310 g/mol. The summed E-state index contributed by atoms with van der Waals surface area (Å²) >= 11 is 0. The van der Waals surface area contributed by atoms with Crippen molar-refractivity contribution < 1.29 is 13.2 Å². The van der Waals surface area contributed by atoms with Gasteiger partial charge in [0.1, 0.15) is 0 Å². The van der Waals surface area contributed by atoms with E-state index in [-0.39, 0.29) is 11.4 Å². The highest BCUT2D eigenvalue weighted by atomic mass is 32.2. The Balaban J connectivity index is 2.96. The standard InChI is InChI=1S/C15H22N2O3S/c1-13-12-15(8-7-14(13)6-4-9-16)21(18,19)17(2)10-5-11-20-3/h7-8,12H,5,9-11,16H2,1-3H3. The maximum absolute atomic E-state index is 12.4. The van der Waals surface area contributed by atoms with Gasteiger partial charge in [0.05, 0.1) is 11.4 Å². The van der Waals surface area contributed by atoms with E-state index < -0.39 is 10.0 Å². The first-order chi connectivity index (χ1) is 9.93. The summed E-state index contributed by atoms with van der Waals surface area (Å²) in [5, 5.41) is 0. The zero-order chi connectivity index (χ0) is 15.9. The Morgan fingerprint density at radius 2 is 2.10 bits per heavy atom. The van der Waals surface area contributed by atoms with E-state index in [1.807, 2.05) is 6.92 Å². The lowest BCUT2D eigenvalue weighted by Crippen LogP contribution is -2.28. The molecule has 0 atom stereocenters. The van der Waals surface area contributed by atoms with Crippen LogP contribution in [-0.4, -0.2) is 46.6 Å². The molecule has 1 rings (SSSR count). The fourth-order valence-corrected chi connectivity index (χ4v) is 3.11. The largest absolute Gasteiger partial charge is 0.385 e. The second-order valence-corrected chi connectivity index (χ2v) is 6.70. The summed E-state index contributed by atoms with van der Waals surface area (Å²) in [7, 11) is -0.306. The predicted octanol–water partition coefficient (Wildman–Crippen LogP) is 0.962. The first-order valence-corrected chi connectivity index (χ1v) is 8.12. The molecular formula is C15H22N2O3S. The highest BCUT2D eigenvalue weighted by molar-refractivity contribution is 7.89. The lowest BCUT2D eigenvalue weighted by molar-refractivity contribution is 0.189. The Bertz CT molecular complexity index is 630. The number of nitrogens with two attached hydrogens (primary N) is 1. The molecule has 0 aliphatic heterocycles. The molecule has 2 N–H and O–H groups in total. The van der Waals surface area contributed by atoms with Crippen LogP contribution >= 0.6 is 0 Å². The summed E-state index contributed by atoms with van der Waals surface area (Å²) in [5.41, 5.74) is 6.95. The number of hydrogen-bond acceptors (Lipinski definition) is 4. The summed E-state index contributed by atoms with van der Waals surface area (Å²) in [4.78, 5) is 0.276. The highest BCUT2D eigenvalue weighted by Gasteiger charge is 2.20. The number of aryl methyl sites for hydroxylation is 1. The monoisotopic (exact) mass is 310 g/mol. The lowest BCUT2D eigenvalue weighted by atomic mass is 10.1. The first-order valence-electron chi connectivity index (χ1n) is 6.68. The van der Waals surface area contributed by atoms with Gasteiger partial charge in [-0.1, -0.05) is 11.8 Å². The quantitative estimate of drug-likeness (QED) is 0.627. The van der Waals surface area contributed by atoms with Gasteiger partial charge in [0.25, 0.3) is 0 Å². The molecule has 0 aliphatic carbocycles. The van der Waals surface area contributed by atoms with Crippen LogP contribution in [0.1, 0.15) is 17.5 Å². The molecule has 0 spiro atoms. The molecule has 0 saturated carbocycles. The van der Waals surface area contributed by atoms with E-state index in [2.05, 4.69) is 11.8 Å². The van der Waals surface area contributed by atoms with Crippen molar-refractivity contribution in [1.82, 2.24) is 4.31 Å². The van der Waals surface area contributed by atoms with Gasteiger partial charge < -0.3 is 10.5 Å². The summed E-state index contributed by atoms with van der Waals surface area (Å²) < 4.78 is 31.1. The van der Waals surface area contributed by atoms with Crippen molar-refractivity contribution in [2.45, 2.75) is 18.2 Å². The minimum absolute atomic E-state index is 0.276. The highest BCUT2D eigenvalue weighted by Crippen LogP contribution is 2.18. The minimum atomic E-state index is -3.47. The van der Waals surface area contributed by atoms with Crippen molar-refractivity contribution >= 4 is 10.0 Å². The summed E-state index contributed by atoms with van der Waals surface area (Å²) in [6.07, 6.45) is 0.658. The van der Waals surface area contributed by atoms with E-state index in [4.69, 9.17) is 10.5 Å². The van der Waals surface area contributed by atoms with E-state index in [9.17, 15) is 8.42 Å². The van der Waals surface area contributed by atoms with Crippen LogP contribution in [0, 0.1) is 18.8 Å². The van der Waals surface area contributed by atoms with Crippen LogP contribution in [0.2, 0.25) is 0 Å². The smallest absolute Gasteiger partial charge is 0.242 e. The van der Waals surface area contributed by atoms with Gasteiger partial charge in [0.2, 0.25) is 10.0 Å². The van der Waals surface area contributed by atoms with Crippen LogP contribution in [-0.2, 0) is 14.8 Å². The van der Waals surface area contributed by atoms with Gasteiger partial charge in [0.15, 0.2) is 0 Å². The molecule has 0 heterocycles. The summed E-state index contributed by atoms with van der Waals surface area (Å²) in [6, 6.07) is 4.94. The van der Waals surface area contributed by atoms with Crippen molar-refractivity contribution in [2.24, 2.45) is 5.73 Å². The Morgan fingerprint density at radius 3 is 2.67 bits per heavy atom. The topological polar surface area (TPSA) is 72.6 Å². The van der Waals surface area contributed by atoms with Gasteiger partial charge in [-0.3, -0.25) is 0 Å². The zero-order valence-electron chi connectivity index (χ0n) is 12.7. The zero-order valence-corrected chi connectivity index (χ0v) is 13.5. The van der Waals surface area contributed by atoms with E-state index in [1.54, 1.807) is 32.4 Å². The fraction of sp³-hybridized carbons (Fsp3) is 0.467. The predicted molar refractivity (Wildman–Crippen MR) is 83.4 cm³/mol. The Kier molecular flexibility index (Phi) is 6.85. The Labute approximate surface area is 127 Å². The third-order valence-electron chi connectivity index (χ3n) is 3.05. The van der Waals surface area contributed by atoms with Crippen LogP contribution < -0.4 is 5.73 Å². The van der Waals surface area contributed by atoms with Gasteiger partial charge in [-0.05, 0) is 37.1 Å². The van der Waals surface area contributed by atoms with Crippen LogP contribution in [0.4, 0.5) is 0 Å². The molecule has 1 aromatic carbocycles. The van der Waals surface area contributed by atoms with E-state index >= 15 is 0 Å². The summed E-state index contributed by atoms with van der Waals surface area (Å²) in [6.45, 7) is 3.07. The molecule has 0 bridgehead atoms. The van der Waals surface area contributed by atoms with Gasteiger partial charge >= 0.3 is 0 Å². The lowest BCUT2D eigenvalue weighted by Gasteiger charge is -2.17. The van der Waals surface area contributed by atoms with E-state index in [1.165, 1.54) is 4.31 Å². The number of ether oxygens (including phenoxy) is 1. The molecule has 6 heteroatoms. The molecule has 21 heavy (non-hydrogen) atoms. The Morgan fingerprint density at radius 1 is 1.38 bits per heavy atom. The number of methoxy groups -OCH3 is 1. The maximum Gasteiger partial charge on any atom is 0.242 e. The molecule has 1 aromatic rings. The van der Waals surface area contributed by atoms with Crippen LogP contribution in [0.5, 0.6) is 0 Å². The van der Waals surface area contributed by atoms with Crippen molar-refractivity contribution in [2.75, 3.05) is 33.9 Å². The Hall–Kier alpha value is -1.39. The third-order valence-corrected chi connectivity index (χ3v) is 4.91. The second kappa shape index (κ2) is 8.15. The summed E-state index contributed by atoms with van der Waals surface area (Å²) in [5.74, 6) is 5.69. The number of rotatable bonds is 6. The molecule has 5 nitrogen and oxygen atoms in total. The first kappa shape index (κ1) is 17.7. The van der Waals surface area contributed by atoms with Gasteiger partial charge in [-0.15, -0.1) is 0 Å². The normalized spacial score (nSPS) is 11.3. The van der Waals surface area contributed by atoms with Gasteiger partial charge in [0, 0.05) is 32.9 Å². The van der Waals surface area contributed by atoms with Crippen molar-refractivity contribution in [3.05, 3.63) is 29.3 Å². The molecule has 0 fully saturated rings. The van der Waals surface area contributed by atoms with E-state index in [0.29, 0.717) is 19.6 Å². The van der Waals surface area contributed by atoms with Crippen LogP contribution in [0.25, 0.3) is 0 Å². The van der Waals surface area contributed by atoms with Crippen LogP contribution in [0.15, 0.2) is 23.1 Å². The number of benzene rings is 1. The van der Waals surface area contributed by atoms with Gasteiger partial charge in [-0.25, -0.2) is 12.7 Å². The van der Waals surface area contributed by atoms with Crippen molar-refractivity contribution in [3.63, 3.8) is 0 Å². The van der Waals surface area contributed by atoms with Crippen LogP contribution in [0.3, 0.4) is 0 Å². The van der Waals surface area contributed by atoms with Crippen molar-refractivity contribution in [3.8, 4) is 11.8 Å². The van der Waals surface area contributed by atoms with E-state index in [0.717, 1.165) is 11.1 Å². The second-order valence-electron chi connectivity index (χ2n) is 4.66. The molecule has 0 saturated heterocycles.